The van der Waals surface area contributed by atoms with E-state index in [1.54, 1.807) is 31.2 Å². The van der Waals surface area contributed by atoms with Crippen molar-refractivity contribution < 1.29 is 14.5 Å². The van der Waals surface area contributed by atoms with E-state index < -0.39 is 16.7 Å². The average Bonchev–Trinajstić information content (AvgIpc) is 2.72. The number of aryl methyl sites for hydroxylation is 1. The van der Waals surface area contributed by atoms with Gasteiger partial charge in [-0.1, -0.05) is 24.3 Å². The van der Waals surface area contributed by atoms with E-state index in [0.717, 1.165) is 10.7 Å². The molecule has 1 aromatic heterocycles. The molecule has 0 radical (unpaired) electrons. The number of nitro benzene ring substituents is 1. The predicted octanol–water partition coefficient (Wildman–Crippen LogP) is 1.40. The lowest BCUT2D eigenvalue weighted by atomic mass is 10.1. The quantitative estimate of drug-likeness (QED) is 0.518. The number of amides is 2. The number of carbonyl (C=O) groups is 2. The standard InChI is InChI=1S/C18H15N5O5/c1-2-22-18(26)14-9-4-3-8-13(14)15(21-22)17(25)20-19-16(24)11-6-5-7-12(10-11)23(27)28/h3-10H,2H2,1H3,(H,19,24)(H,20,25). The maximum atomic E-state index is 12.5. The lowest BCUT2D eigenvalue weighted by Gasteiger charge is -2.11. The summed E-state index contributed by atoms with van der Waals surface area (Å²) in [5, 5.41) is 15.5. The van der Waals surface area contributed by atoms with Crippen molar-refractivity contribution in [1.29, 1.82) is 0 Å². The van der Waals surface area contributed by atoms with Gasteiger partial charge in [-0.2, -0.15) is 5.10 Å². The van der Waals surface area contributed by atoms with Crippen molar-refractivity contribution in [3.8, 4) is 0 Å². The topological polar surface area (TPSA) is 136 Å². The van der Waals surface area contributed by atoms with Crippen LogP contribution in [0.1, 0.15) is 27.8 Å². The Balaban J connectivity index is 1.85. The monoisotopic (exact) mass is 381 g/mol. The van der Waals surface area contributed by atoms with Gasteiger partial charge in [-0.15, -0.1) is 0 Å². The van der Waals surface area contributed by atoms with Gasteiger partial charge in [0, 0.05) is 29.6 Å². The number of benzene rings is 2. The van der Waals surface area contributed by atoms with Gasteiger partial charge in [0.1, 0.15) is 0 Å². The largest absolute Gasteiger partial charge is 0.290 e. The van der Waals surface area contributed by atoms with Gasteiger partial charge in [-0.3, -0.25) is 35.3 Å². The smallest absolute Gasteiger partial charge is 0.267 e. The van der Waals surface area contributed by atoms with E-state index in [9.17, 15) is 24.5 Å². The molecular weight excluding hydrogens is 366 g/mol. The zero-order valence-electron chi connectivity index (χ0n) is 14.7. The van der Waals surface area contributed by atoms with Crippen LogP contribution in [0, 0.1) is 10.1 Å². The number of carbonyl (C=O) groups excluding carboxylic acids is 2. The Labute approximate surface area is 157 Å². The number of nitrogens with one attached hydrogen (secondary N) is 2. The van der Waals surface area contributed by atoms with Gasteiger partial charge in [0.15, 0.2) is 5.69 Å². The first kappa shape index (κ1) is 18.7. The molecule has 0 unspecified atom stereocenters. The van der Waals surface area contributed by atoms with Crippen molar-refractivity contribution in [2.75, 3.05) is 0 Å². The molecule has 3 aromatic rings. The summed E-state index contributed by atoms with van der Waals surface area (Å²) in [6.07, 6.45) is 0. The molecular formula is C18H15N5O5. The van der Waals surface area contributed by atoms with E-state index in [1.807, 2.05) is 0 Å². The van der Waals surface area contributed by atoms with E-state index in [4.69, 9.17) is 0 Å². The summed E-state index contributed by atoms with van der Waals surface area (Å²) in [5.74, 6) is -1.46. The molecule has 1 heterocycles. The fraction of sp³-hybridized carbons (Fsp3) is 0.111. The highest BCUT2D eigenvalue weighted by atomic mass is 16.6. The van der Waals surface area contributed by atoms with Crippen molar-refractivity contribution in [3.63, 3.8) is 0 Å². The van der Waals surface area contributed by atoms with Gasteiger partial charge in [0.05, 0.1) is 10.3 Å². The molecule has 0 aliphatic heterocycles. The molecule has 2 N–H and O–H groups in total. The fourth-order valence-corrected chi connectivity index (χ4v) is 2.62. The number of rotatable bonds is 4. The number of hydrogen-bond donors (Lipinski definition) is 2. The van der Waals surface area contributed by atoms with Gasteiger partial charge in [-0.05, 0) is 19.1 Å². The normalized spacial score (nSPS) is 10.5. The van der Waals surface area contributed by atoms with Crippen LogP contribution >= 0.6 is 0 Å². The Morgan fingerprint density at radius 1 is 1.07 bits per heavy atom. The molecule has 0 bridgehead atoms. The third-order valence-corrected chi connectivity index (χ3v) is 3.99. The van der Waals surface area contributed by atoms with Crippen LogP contribution < -0.4 is 16.4 Å². The highest BCUT2D eigenvalue weighted by Gasteiger charge is 2.18. The molecule has 3 rings (SSSR count). The summed E-state index contributed by atoms with van der Waals surface area (Å²) < 4.78 is 1.15. The van der Waals surface area contributed by atoms with E-state index in [1.165, 1.54) is 18.2 Å². The Hall–Kier alpha value is -4.08. The van der Waals surface area contributed by atoms with Crippen molar-refractivity contribution in [2.45, 2.75) is 13.5 Å². The van der Waals surface area contributed by atoms with Crippen LogP contribution in [0.4, 0.5) is 5.69 Å². The summed E-state index contributed by atoms with van der Waals surface area (Å²) in [6, 6.07) is 11.6. The first-order valence-electron chi connectivity index (χ1n) is 8.27. The summed E-state index contributed by atoms with van der Waals surface area (Å²) in [4.78, 5) is 47.2. The lowest BCUT2D eigenvalue weighted by molar-refractivity contribution is -0.384. The number of hydrazine groups is 1. The summed E-state index contributed by atoms with van der Waals surface area (Å²) in [5.41, 5.74) is 3.82. The highest BCUT2D eigenvalue weighted by molar-refractivity contribution is 6.06. The predicted molar refractivity (Wildman–Crippen MR) is 99.7 cm³/mol. The summed E-state index contributed by atoms with van der Waals surface area (Å²) in [7, 11) is 0. The van der Waals surface area contributed by atoms with Gasteiger partial charge in [0.2, 0.25) is 0 Å². The molecule has 10 heteroatoms. The third-order valence-electron chi connectivity index (χ3n) is 3.99. The molecule has 0 spiro atoms. The fourth-order valence-electron chi connectivity index (χ4n) is 2.62. The summed E-state index contributed by atoms with van der Waals surface area (Å²) >= 11 is 0. The molecule has 28 heavy (non-hydrogen) atoms. The van der Waals surface area contributed by atoms with Crippen LogP contribution in [-0.4, -0.2) is 26.5 Å². The van der Waals surface area contributed by atoms with Crippen LogP contribution in [0.15, 0.2) is 53.3 Å². The minimum atomic E-state index is -0.731. The maximum Gasteiger partial charge on any atom is 0.290 e. The molecule has 2 amide bonds. The first-order chi connectivity index (χ1) is 13.4. The van der Waals surface area contributed by atoms with Crippen molar-refractivity contribution in [2.24, 2.45) is 0 Å². The number of non-ortho nitro benzene ring substituents is 1. The van der Waals surface area contributed by atoms with E-state index in [-0.39, 0.29) is 29.0 Å². The minimum Gasteiger partial charge on any atom is -0.267 e. The third kappa shape index (κ3) is 3.56. The molecule has 0 saturated carbocycles. The number of hydrogen-bond acceptors (Lipinski definition) is 6. The molecule has 10 nitrogen and oxygen atoms in total. The molecule has 2 aromatic carbocycles. The zero-order valence-corrected chi connectivity index (χ0v) is 14.7. The Morgan fingerprint density at radius 3 is 2.43 bits per heavy atom. The first-order valence-corrected chi connectivity index (χ1v) is 8.27. The van der Waals surface area contributed by atoms with Gasteiger partial charge in [0.25, 0.3) is 23.1 Å². The van der Waals surface area contributed by atoms with Gasteiger partial charge in [-0.25, -0.2) is 4.68 Å². The Morgan fingerprint density at radius 2 is 1.75 bits per heavy atom. The molecule has 0 aliphatic carbocycles. The maximum absolute atomic E-state index is 12.5. The number of nitro groups is 1. The zero-order chi connectivity index (χ0) is 20.3. The van der Waals surface area contributed by atoms with Crippen LogP contribution in [0.2, 0.25) is 0 Å². The second kappa shape index (κ2) is 7.66. The Kier molecular flexibility index (Phi) is 5.12. The second-order valence-corrected chi connectivity index (χ2v) is 5.73. The van der Waals surface area contributed by atoms with Crippen LogP contribution in [0.3, 0.4) is 0 Å². The molecule has 0 atom stereocenters. The molecule has 0 aliphatic rings. The summed E-state index contributed by atoms with van der Waals surface area (Å²) in [6.45, 7) is 1.99. The minimum absolute atomic E-state index is 0.00541. The molecule has 0 saturated heterocycles. The van der Waals surface area contributed by atoms with Gasteiger partial charge >= 0.3 is 0 Å². The Bertz CT molecular complexity index is 1150. The SMILES string of the molecule is CCn1nc(C(=O)NNC(=O)c2cccc([N+](=O)[O-])c2)c2ccccc2c1=O. The van der Waals surface area contributed by atoms with E-state index in [0.29, 0.717) is 10.8 Å². The van der Waals surface area contributed by atoms with E-state index in [2.05, 4.69) is 16.0 Å². The number of nitrogens with zero attached hydrogens (tertiary/aromatic N) is 3. The lowest BCUT2D eigenvalue weighted by Crippen LogP contribution is -2.42. The molecule has 0 fully saturated rings. The van der Waals surface area contributed by atoms with Gasteiger partial charge < -0.3 is 0 Å². The number of fused-ring (bicyclic) bond motifs is 1. The van der Waals surface area contributed by atoms with E-state index >= 15 is 0 Å². The molecule has 142 valence electrons. The van der Waals surface area contributed by atoms with Crippen molar-refractivity contribution >= 4 is 28.3 Å². The number of aromatic nitrogens is 2. The highest BCUT2D eigenvalue weighted by Crippen LogP contribution is 2.14. The second-order valence-electron chi connectivity index (χ2n) is 5.73. The van der Waals surface area contributed by atoms with Crippen molar-refractivity contribution in [1.82, 2.24) is 20.6 Å². The van der Waals surface area contributed by atoms with Crippen LogP contribution in [-0.2, 0) is 6.54 Å². The van der Waals surface area contributed by atoms with Crippen molar-refractivity contribution in [3.05, 3.63) is 80.3 Å². The van der Waals surface area contributed by atoms with Crippen LogP contribution in [0.25, 0.3) is 10.8 Å². The van der Waals surface area contributed by atoms with Crippen LogP contribution in [0.5, 0.6) is 0 Å². The average molecular weight is 381 g/mol.